The summed E-state index contributed by atoms with van der Waals surface area (Å²) in [6.07, 6.45) is 2.63. The molecule has 0 radical (unpaired) electrons. The Kier molecular flexibility index (Phi) is 5.71. The molecule has 0 fully saturated rings. The number of carbonyl (C=O) groups is 2. The molecule has 2 aliphatic rings. The molecule has 11 nitrogen and oxygen atoms in total. The van der Waals surface area contributed by atoms with Crippen LogP contribution in [0.15, 0.2) is 53.0 Å². The smallest absolute Gasteiger partial charge is 0.231 e. The molecular formula is C24H20ClN5O6. The molecule has 1 spiro atoms. The Morgan fingerprint density at radius 1 is 1.22 bits per heavy atom. The number of fused-ring (bicyclic) bond motifs is 1. The van der Waals surface area contributed by atoms with E-state index in [0.717, 1.165) is 0 Å². The fraction of sp³-hybridized carbons (Fsp3) is 0.250. The van der Waals surface area contributed by atoms with Gasteiger partial charge in [0.15, 0.2) is 17.3 Å². The lowest BCUT2D eigenvalue weighted by Crippen LogP contribution is -2.52. The van der Waals surface area contributed by atoms with E-state index in [0.29, 0.717) is 11.4 Å². The van der Waals surface area contributed by atoms with Crippen molar-refractivity contribution in [1.29, 1.82) is 0 Å². The number of Topliss-reactive ketones (excluding diaryl/α,β-unsaturated/α-hetero) is 2. The van der Waals surface area contributed by atoms with E-state index in [2.05, 4.69) is 20.5 Å². The van der Waals surface area contributed by atoms with Crippen LogP contribution in [-0.2, 0) is 4.79 Å². The predicted molar refractivity (Wildman–Crippen MR) is 128 cm³/mol. The van der Waals surface area contributed by atoms with Crippen LogP contribution in [0, 0.1) is 5.92 Å². The van der Waals surface area contributed by atoms with Gasteiger partial charge in [-0.2, -0.15) is 0 Å². The predicted octanol–water partition coefficient (Wildman–Crippen LogP) is 3.47. The van der Waals surface area contributed by atoms with Crippen LogP contribution < -0.4 is 14.2 Å². The van der Waals surface area contributed by atoms with Crippen LogP contribution in [0.25, 0.3) is 5.69 Å². The van der Waals surface area contributed by atoms with Crippen LogP contribution in [0.1, 0.15) is 23.7 Å². The van der Waals surface area contributed by atoms with Gasteiger partial charge in [-0.25, -0.2) is 4.68 Å². The molecule has 0 bridgehead atoms. The number of rotatable bonds is 5. The maximum absolute atomic E-state index is 13.7. The Hall–Kier alpha value is -4.25. The second-order valence-corrected chi connectivity index (χ2v) is 8.66. The molecule has 0 saturated carbocycles. The number of allylic oxidation sites excluding steroid dienone is 1. The second kappa shape index (κ2) is 8.76. The zero-order valence-electron chi connectivity index (χ0n) is 19.4. The quantitative estimate of drug-likeness (QED) is 0.512. The van der Waals surface area contributed by atoms with E-state index in [1.54, 1.807) is 31.2 Å². The Bertz CT molecular complexity index is 1430. The van der Waals surface area contributed by atoms with Gasteiger partial charge in [-0.1, -0.05) is 18.5 Å². The third kappa shape index (κ3) is 3.42. The minimum absolute atomic E-state index is 0.0279. The van der Waals surface area contributed by atoms with Crippen LogP contribution in [0.4, 0.5) is 5.69 Å². The summed E-state index contributed by atoms with van der Waals surface area (Å²) < 4.78 is 18.2. The standard InChI is InChI=1S/C24H20ClN5O6/c1-12-8-16(31)15(10-26-13-4-6-14(7-5-13)30-11-27-28-29-30)22(32)24(12)23(33)19-17(34-2)9-18(35-3)20(25)21(19)36-24/h4-7,9-12,32H,8H2,1-3H3/t12-,24+/m1/s1. The van der Waals surface area contributed by atoms with Crippen molar-refractivity contribution in [2.45, 2.75) is 18.9 Å². The second-order valence-electron chi connectivity index (χ2n) is 8.29. The molecule has 36 heavy (non-hydrogen) atoms. The fourth-order valence-corrected chi connectivity index (χ4v) is 4.69. The van der Waals surface area contributed by atoms with E-state index in [9.17, 15) is 14.7 Å². The molecule has 0 amide bonds. The highest BCUT2D eigenvalue weighted by atomic mass is 35.5. The van der Waals surface area contributed by atoms with Crippen LogP contribution in [0.5, 0.6) is 17.2 Å². The summed E-state index contributed by atoms with van der Waals surface area (Å²) in [4.78, 5) is 30.9. The highest BCUT2D eigenvalue weighted by Crippen LogP contribution is 2.54. The first kappa shape index (κ1) is 23.5. The van der Waals surface area contributed by atoms with Crippen LogP contribution in [0.3, 0.4) is 0 Å². The molecular weight excluding hydrogens is 490 g/mol. The van der Waals surface area contributed by atoms with Crippen molar-refractivity contribution >= 4 is 35.1 Å². The van der Waals surface area contributed by atoms with Gasteiger partial charge in [-0.3, -0.25) is 14.6 Å². The summed E-state index contributed by atoms with van der Waals surface area (Å²) in [7, 11) is 2.82. The summed E-state index contributed by atoms with van der Waals surface area (Å²) in [6, 6.07) is 8.35. The summed E-state index contributed by atoms with van der Waals surface area (Å²) in [5, 5.41) is 22.4. The van der Waals surface area contributed by atoms with E-state index in [1.807, 2.05) is 0 Å². The van der Waals surface area contributed by atoms with Gasteiger partial charge >= 0.3 is 0 Å². The number of hydrogen-bond acceptors (Lipinski definition) is 10. The molecule has 12 heteroatoms. The van der Waals surface area contributed by atoms with Crippen LogP contribution >= 0.6 is 11.6 Å². The number of hydrogen-bond donors (Lipinski definition) is 1. The Morgan fingerprint density at radius 2 is 1.94 bits per heavy atom. The lowest BCUT2D eigenvalue weighted by Gasteiger charge is -2.36. The largest absolute Gasteiger partial charge is 0.507 e. The van der Waals surface area contributed by atoms with Gasteiger partial charge in [-0.05, 0) is 34.7 Å². The fourth-order valence-electron chi connectivity index (χ4n) is 4.42. The molecule has 1 aromatic heterocycles. The summed E-state index contributed by atoms with van der Waals surface area (Å²) in [6.45, 7) is 1.65. The zero-order valence-corrected chi connectivity index (χ0v) is 20.2. The minimum Gasteiger partial charge on any atom is -0.507 e. The molecule has 5 rings (SSSR count). The SMILES string of the molecule is COc1cc(OC)c2c(c1Cl)O[C@]1(C2=O)C(O)=C(C=Nc2ccc(-n3cnnn3)cc2)C(=O)C[C@H]1C. The first-order valence-electron chi connectivity index (χ1n) is 10.8. The molecule has 2 atom stereocenters. The number of aliphatic hydroxyl groups is 1. The summed E-state index contributed by atoms with van der Waals surface area (Å²) in [5.41, 5.74) is -0.688. The lowest BCUT2D eigenvalue weighted by molar-refractivity contribution is -0.118. The van der Waals surface area contributed by atoms with Gasteiger partial charge < -0.3 is 19.3 Å². The van der Waals surface area contributed by atoms with Crippen LogP contribution in [0.2, 0.25) is 5.02 Å². The van der Waals surface area contributed by atoms with Crippen molar-refractivity contribution in [2.75, 3.05) is 14.2 Å². The molecule has 0 saturated heterocycles. The number of benzene rings is 2. The number of carbonyl (C=O) groups excluding carboxylic acids is 2. The van der Waals surface area contributed by atoms with Crippen molar-refractivity contribution in [3.05, 3.63) is 58.6 Å². The first-order valence-corrected chi connectivity index (χ1v) is 11.2. The Morgan fingerprint density at radius 3 is 2.58 bits per heavy atom. The summed E-state index contributed by atoms with van der Waals surface area (Å²) in [5.74, 6) is -1.70. The van der Waals surface area contributed by atoms with E-state index < -0.39 is 23.1 Å². The highest BCUT2D eigenvalue weighted by molar-refractivity contribution is 6.35. The number of aromatic nitrogens is 4. The molecule has 2 heterocycles. The Balaban J connectivity index is 1.55. The molecule has 184 valence electrons. The number of aliphatic imine (C=N–C) groups is 1. The van der Waals surface area contributed by atoms with E-state index >= 15 is 0 Å². The Labute approximate surface area is 209 Å². The third-order valence-corrected chi connectivity index (χ3v) is 6.68. The number of aliphatic hydroxyl groups excluding tert-OH is 1. The monoisotopic (exact) mass is 509 g/mol. The molecule has 1 aliphatic carbocycles. The number of halogens is 1. The molecule has 3 aromatic rings. The maximum Gasteiger partial charge on any atom is 0.231 e. The van der Waals surface area contributed by atoms with Crippen molar-refractivity contribution in [2.24, 2.45) is 10.9 Å². The number of methoxy groups -OCH3 is 2. The van der Waals surface area contributed by atoms with Gasteiger partial charge in [0.2, 0.25) is 11.4 Å². The highest BCUT2D eigenvalue weighted by Gasteiger charge is 2.60. The summed E-state index contributed by atoms with van der Waals surface area (Å²) >= 11 is 6.44. The van der Waals surface area contributed by atoms with Gasteiger partial charge in [0.05, 0.1) is 31.2 Å². The molecule has 2 aromatic carbocycles. The van der Waals surface area contributed by atoms with Crippen molar-refractivity contribution in [1.82, 2.24) is 20.2 Å². The van der Waals surface area contributed by atoms with Gasteiger partial charge in [0.1, 0.15) is 28.4 Å². The number of nitrogens with zero attached hydrogens (tertiary/aromatic N) is 5. The van der Waals surface area contributed by atoms with Crippen LogP contribution in [-0.4, -0.2) is 62.9 Å². The average Bonchev–Trinajstić information content (AvgIpc) is 3.52. The van der Waals surface area contributed by atoms with Crippen molar-refractivity contribution < 1.29 is 28.9 Å². The maximum atomic E-state index is 13.7. The van der Waals surface area contributed by atoms with Crippen molar-refractivity contribution in [3.63, 3.8) is 0 Å². The number of ether oxygens (including phenoxy) is 3. The number of tetrazole rings is 1. The lowest BCUT2D eigenvalue weighted by atomic mass is 9.73. The topological polar surface area (TPSA) is 138 Å². The molecule has 1 aliphatic heterocycles. The van der Waals surface area contributed by atoms with E-state index in [4.69, 9.17) is 25.8 Å². The van der Waals surface area contributed by atoms with E-state index in [-0.39, 0.29) is 45.6 Å². The third-order valence-electron chi connectivity index (χ3n) is 6.32. The van der Waals surface area contributed by atoms with Gasteiger partial charge in [0, 0.05) is 24.6 Å². The average molecular weight is 510 g/mol. The molecule has 1 N–H and O–H groups in total. The van der Waals surface area contributed by atoms with Gasteiger partial charge in [0.25, 0.3) is 0 Å². The van der Waals surface area contributed by atoms with Gasteiger partial charge in [-0.15, -0.1) is 5.10 Å². The first-order chi connectivity index (χ1) is 17.3. The zero-order chi connectivity index (χ0) is 25.6. The number of ketones is 2. The normalized spacial score (nSPS) is 21.3. The molecule has 0 unspecified atom stereocenters. The van der Waals surface area contributed by atoms with Crippen molar-refractivity contribution in [3.8, 4) is 22.9 Å². The van der Waals surface area contributed by atoms with E-state index in [1.165, 1.54) is 37.5 Å². The minimum atomic E-state index is -1.86.